The highest BCUT2D eigenvalue weighted by Crippen LogP contribution is 2.39. The summed E-state index contributed by atoms with van der Waals surface area (Å²) in [4.78, 5) is 67.7. The number of anilines is 3. The summed E-state index contributed by atoms with van der Waals surface area (Å²) in [5.74, 6) is -1.05. The summed E-state index contributed by atoms with van der Waals surface area (Å²) < 4.78 is 0.541. The van der Waals surface area contributed by atoms with Gasteiger partial charge in [-0.3, -0.25) is 34.3 Å². The van der Waals surface area contributed by atoms with Crippen LogP contribution in [0.4, 0.5) is 17.3 Å². The third-order valence-electron chi connectivity index (χ3n) is 9.98. The number of rotatable bonds is 6. The molecule has 1 aromatic heterocycles. The molecular weight excluding hydrogens is 714 g/mol. The number of hydrogen-bond donors (Lipinski definition) is 3. The van der Waals surface area contributed by atoms with Crippen molar-refractivity contribution in [3.8, 4) is 11.3 Å². The molecule has 2 aromatic carbocycles. The highest BCUT2D eigenvalue weighted by Gasteiger charge is 2.46. The number of hydrogen-bond acceptors (Lipinski definition) is 11. The summed E-state index contributed by atoms with van der Waals surface area (Å²) in [5, 5.41) is 2.79. The minimum Gasteiger partial charge on any atom is -0.382 e. The number of nitrogens with one attached hydrogen (secondary N) is 1. The topological polar surface area (TPSA) is 171 Å². The maximum Gasteiger partial charge on any atom is 0.263 e. The molecule has 3 fully saturated rings. The number of aromatic nitrogens is 2. The zero-order valence-corrected chi connectivity index (χ0v) is 29.4. The SMILES string of the molecule is CC1(N)CCN(c2cnc(-c3cccc(N4CCN(Cc5ccc6c(c5Br)C(=O)N(C5CCC(=O)NC5=O)C6=O)CC4)c3Cl)c(N)n2)CC1. The van der Waals surface area contributed by atoms with E-state index in [0.717, 1.165) is 66.6 Å². The molecule has 49 heavy (non-hydrogen) atoms. The molecule has 0 bridgehead atoms. The molecule has 4 aliphatic heterocycles. The van der Waals surface area contributed by atoms with Gasteiger partial charge in [-0.05, 0) is 59.8 Å². The van der Waals surface area contributed by atoms with Crippen LogP contribution in [0.2, 0.25) is 5.02 Å². The quantitative estimate of drug-likeness (QED) is 0.316. The number of piperidine rings is 2. The number of benzene rings is 2. The van der Waals surface area contributed by atoms with Crippen molar-refractivity contribution in [2.24, 2.45) is 5.73 Å². The van der Waals surface area contributed by atoms with Crippen molar-refractivity contribution < 1.29 is 19.2 Å². The van der Waals surface area contributed by atoms with E-state index in [1.807, 2.05) is 24.3 Å². The fraction of sp³-hybridized carbons (Fsp3) is 0.412. The van der Waals surface area contributed by atoms with Gasteiger partial charge in [0.1, 0.15) is 17.6 Å². The number of imide groups is 2. The Hall–Kier alpha value is -4.11. The van der Waals surface area contributed by atoms with E-state index in [0.29, 0.717) is 40.6 Å². The Morgan fingerprint density at radius 2 is 1.71 bits per heavy atom. The van der Waals surface area contributed by atoms with Crippen LogP contribution in [-0.4, -0.2) is 94.2 Å². The predicted molar refractivity (Wildman–Crippen MR) is 189 cm³/mol. The summed E-state index contributed by atoms with van der Waals surface area (Å²) in [6.45, 7) is 7.10. The molecule has 0 spiro atoms. The number of carbonyl (C=O) groups excluding carboxylic acids is 4. The number of nitrogens with zero attached hydrogens (tertiary/aromatic N) is 6. The molecule has 0 saturated carbocycles. The third-order valence-corrected chi connectivity index (χ3v) is 11.3. The molecule has 3 saturated heterocycles. The van der Waals surface area contributed by atoms with Crippen molar-refractivity contribution in [3.63, 3.8) is 0 Å². The Morgan fingerprint density at radius 3 is 2.41 bits per heavy atom. The molecule has 0 radical (unpaired) electrons. The molecule has 1 atom stereocenters. The van der Waals surface area contributed by atoms with Crippen LogP contribution in [-0.2, 0) is 16.1 Å². The molecule has 5 heterocycles. The zero-order valence-electron chi connectivity index (χ0n) is 27.0. The molecule has 4 amide bonds. The molecule has 5 N–H and O–H groups in total. The monoisotopic (exact) mass is 749 g/mol. The van der Waals surface area contributed by atoms with Crippen molar-refractivity contribution >= 4 is 68.5 Å². The second-order valence-corrected chi connectivity index (χ2v) is 14.6. The van der Waals surface area contributed by atoms with E-state index in [-0.39, 0.29) is 29.5 Å². The summed E-state index contributed by atoms with van der Waals surface area (Å²) in [6.07, 6.45) is 3.67. The second-order valence-electron chi connectivity index (χ2n) is 13.4. The van der Waals surface area contributed by atoms with Crippen LogP contribution in [0.1, 0.15) is 58.9 Å². The van der Waals surface area contributed by atoms with Crippen molar-refractivity contribution in [2.45, 2.75) is 50.7 Å². The second kappa shape index (κ2) is 13.0. The van der Waals surface area contributed by atoms with Crippen LogP contribution >= 0.6 is 27.5 Å². The lowest BCUT2D eigenvalue weighted by molar-refractivity contribution is -0.136. The fourth-order valence-corrected chi connectivity index (χ4v) is 7.99. The van der Waals surface area contributed by atoms with Gasteiger partial charge in [-0.15, -0.1) is 0 Å². The Labute approximate surface area is 297 Å². The minimum atomic E-state index is -1.01. The van der Waals surface area contributed by atoms with Crippen LogP contribution in [0, 0.1) is 0 Å². The van der Waals surface area contributed by atoms with E-state index in [4.69, 9.17) is 23.1 Å². The number of halogens is 2. The van der Waals surface area contributed by atoms with Gasteiger partial charge < -0.3 is 21.3 Å². The molecule has 3 aromatic rings. The summed E-state index contributed by atoms with van der Waals surface area (Å²) in [7, 11) is 0. The van der Waals surface area contributed by atoms with Crippen LogP contribution in [0.25, 0.3) is 11.3 Å². The van der Waals surface area contributed by atoms with E-state index < -0.39 is 29.7 Å². The van der Waals surface area contributed by atoms with Crippen LogP contribution < -0.4 is 26.6 Å². The molecule has 1 unspecified atom stereocenters. The normalized spacial score (nSPS) is 21.3. The Morgan fingerprint density at radius 1 is 0.980 bits per heavy atom. The van der Waals surface area contributed by atoms with E-state index in [2.05, 4.69) is 52.8 Å². The van der Waals surface area contributed by atoms with Gasteiger partial charge in [-0.25, -0.2) is 9.97 Å². The zero-order chi connectivity index (χ0) is 34.6. The first kappa shape index (κ1) is 33.4. The van der Waals surface area contributed by atoms with Gasteiger partial charge in [-0.1, -0.05) is 29.8 Å². The standard InChI is InChI=1S/C34H37BrClN9O4/c1-34(38)9-11-44(12-10-34)24-17-39-29(30(37)40-24)21-3-2-4-22(28(21)36)43-15-13-42(14-16-43)18-19-5-6-20-26(27(19)35)33(49)45(32(20)48)23-7-8-25(46)41-31(23)47/h2-6,17,23H,7-16,18,38H2,1H3,(H2,37,40)(H,41,46,47). The number of nitrogens with two attached hydrogens (primary N) is 2. The predicted octanol–water partition coefficient (Wildman–Crippen LogP) is 3.18. The van der Waals surface area contributed by atoms with E-state index in [1.165, 1.54) is 0 Å². The molecule has 4 aliphatic rings. The van der Waals surface area contributed by atoms with Gasteiger partial charge in [0.05, 0.1) is 28.0 Å². The molecule has 13 nitrogen and oxygen atoms in total. The number of carbonyl (C=O) groups is 4. The van der Waals surface area contributed by atoms with Crippen LogP contribution in [0.15, 0.2) is 41.0 Å². The highest BCUT2D eigenvalue weighted by molar-refractivity contribution is 9.10. The van der Waals surface area contributed by atoms with E-state index in [1.54, 1.807) is 12.3 Å². The fourth-order valence-electron chi connectivity index (χ4n) is 7.02. The number of amides is 4. The van der Waals surface area contributed by atoms with Gasteiger partial charge in [0.15, 0.2) is 5.82 Å². The number of piperazine rings is 1. The van der Waals surface area contributed by atoms with Crippen molar-refractivity contribution in [2.75, 3.05) is 54.8 Å². The average Bonchev–Trinajstić information content (AvgIpc) is 3.32. The van der Waals surface area contributed by atoms with Crippen molar-refractivity contribution in [1.82, 2.24) is 25.1 Å². The average molecular weight is 751 g/mol. The first-order chi connectivity index (χ1) is 23.4. The lowest BCUT2D eigenvalue weighted by Crippen LogP contribution is -2.54. The maximum atomic E-state index is 13.4. The largest absolute Gasteiger partial charge is 0.382 e. The lowest BCUT2D eigenvalue weighted by Gasteiger charge is -2.37. The van der Waals surface area contributed by atoms with Gasteiger partial charge >= 0.3 is 0 Å². The van der Waals surface area contributed by atoms with Crippen LogP contribution in [0.3, 0.4) is 0 Å². The minimum absolute atomic E-state index is 0.0709. The van der Waals surface area contributed by atoms with Gasteiger partial charge in [-0.2, -0.15) is 0 Å². The first-order valence-corrected chi connectivity index (χ1v) is 17.5. The van der Waals surface area contributed by atoms with Gasteiger partial charge in [0, 0.05) is 67.8 Å². The van der Waals surface area contributed by atoms with Gasteiger partial charge in [0.25, 0.3) is 11.8 Å². The third kappa shape index (κ3) is 6.26. The first-order valence-electron chi connectivity index (χ1n) is 16.4. The molecule has 7 rings (SSSR count). The maximum absolute atomic E-state index is 13.4. The molecule has 0 aliphatic carbocycles. The van der Waals surface area contributed by atoms with Gasteiger partial charge in [0.2, 0.25) is 11.8 Å². The Bertz CT molecular complexity index is 1870. The smallest absolute Gasteiger partial charge is 0.263 e. The van der Waals surface area contributed by atoms with E-state index in [9.17, 15) is 19.2 Å². The molecular formula is C34H37BrClN9O4. The van der Waals surface area contributed by atoms with Crippen molar-refractivity contribution in [3.05, 3.63) is 62.7 Å². The van der Waals surface area contributed by atoms with Crippen molar-refractivity contribution in [1.29, 1.82) is 0 Å². The van der Waals surface area contributed by atoms with Crippen LogP contribution in [0.5, 0.6) is 0 Å². The number of fused-ring (bicyclic) bond motifs is 1. The Kier molecular flexibility index (Phi) is 8.84. The highest BCUT2D eigenvalue weighted by atomic mass is 79.9. The summed E-state index contributed by atoms with van der Waals surface area (Å²) >= 11 is 10.6. The summed E-state index contributed by atoms with van der Waals surface area (Å²) in [5.41, 5.74) is 16.1. The molecule has 256 valence electrons. The Balaban J connectivity index is 1.02. The number of nitrogen functional groups attached to an aromatic ring is 1. The van der Waals surface area contributed by atoms with E-state index >= 15 is 0 Å². The molecule has 15 heteroatoms. The summed E-state index contributed by atoms with van der Waals surface area (Å²) in [6, 6.07) is 8.32. The lowest BCUT2D eigenvalue weighted by atomic mass is 9.91.